The molecule has 0 saturated carbocycles. The van der Waals surface area contributed by atoms with Crippen molar-refractivity contribution in [2.75, 3.05) is 13.1 Å². The zero-order chi connectivity index (χ0) is 15.7. The van der Waals surface area contributed by atoms with Gasteiger partial charge in [-0.15, -0.1) is 0 Å². The van der Waals surface area contributed by atoms with Gasteiger partial charge in [-0.2, -0.15) is 0 Å². The van der Waals surface area contributed by atoms with Crippen LogP contribution in [0.3, 0.4) is 0 Å². The number of hydrogen-bond donors (Lipinski definition) is 1. The number of rotatable bonds is 7. The van der Waals surface area contributed by atoms with Crippen molar-refractivity contribution in [3.8, 4) is 0 Å². The Balaban J connectivity index is 2.50. The SMILES string of the molecule is CCCCN(C(=O)C(C)C)C(=S)NCCc1ccccc1. The monoisotopic (exact) mass is 306 g/mol. The maximum Gasteiger partial charge on any atom is 0.231 e. The summed E-state index contributed by atoms with van der Waals surface area (Å²) in [5, 5.41) is 3.77. The van der Waals surface area contributed by atoms with Crippen LogP contribution in [0.4, 0.5) is 0 Å². The molecule has 0 saturated heterocycles. The summed E-state index contributed by atoms with van der Waals surface area (Å²) in [6, 6.07) is 10.3. The predicted molar refractivity (Wildman–Crippen MR) is 92.2 cm³/mol. The molecule has 1 N–H and O–H groups in total. The molecule has 0 aliphatic rings. The van der Waals surface area contributed by atoms with Gasteiger partial charge in [0.15, 0.2) is 5.11 Å². The van der Waals surface area contributed by atoms with Gasteiger partial charge in [0.1, 0.15) is 0 Å². The maximum absolute atomic E-state index is 12.2. The normalized spacial score (nSPS) is 10.5. The smallest absolute Gasteiger partial charge is 0.231 e. The van der Waals surface area contributed by atoms with E-state index in [-0.39, 0.29) is 11.8 Å². The molecular weight excluding hydrogens is 280 g/mol. The standard InChI is InChI=1S/C17H26N2OS/c1-4-5-13-19(16(20)14(2)3)17(21)18-12-11-15-9-7-6-8-10-15/h6-10,14H,4-5,11-13H2,1-3H3,(H,18,21). The van der Waals surface area contributed by atoms with Crippen LogP contribution in [-0.2, 0) is 11.2 Å². The lowest BCUT2D eigenvalue weighted by Gasteiger charge is -2.25. The molecule has 0 aliphatic heterocycles. The number of thiocarbonyl (C=S) groups is 1. The second kappa shape index (κ2) is 9.50. The summed E-state index contributed by atoms with van der Waals surface area (Å²) in [5.41, 5.74) is 1.27. The highest BCUT2D eigenvalue weighted by atomic mass is 32.1. The Labute approximate surface area is 133 Å². The first-order valence-corrected chi connectivity index (χ1v) is 8.10. The first kappa shape index (κ1) is 17.6. The molecule has 1 rings (SSSR count). The van der Waals surface area contributed by atoms with Gasteiger partial charge in [-0.1, -0.05) is 57.5 Å². The minimum Gasteiger partial charge on any atom is -0.362 e. The fourth-order valence-corrected chi connectivity index (χ4v) is 2.28. The highest BCUT2D eigenvalue weighted by Crippen LogP contribution is 2.05. The molecule has 4 heteroatoms. The Hall–Kier alpha value is -1.42. The fraction of sp³-hybridized carbons (Fsp3) is 0.529. The zero-order valence-electron chi connectivity index (χ0n) is 13.3. The van der Waals surface area contributed by atoms with Crippen LogP contribution < -0.4 is 5.32 Å². The number of nitrogens with one attached hydrogen (secondary N) is 1. The fourth-order valence-electron chi connectivity index (χ4n) is 1.99. The number of nitrogens with zero attached hydrogens (tertiary/aromatic N) is 1. The molecule has 0 spiro atoms. The molecule has 0 atom stereocenters. The number of hydrogen-bond acceptors (Lipinski definition) is 2. The average molecular weight is 306 g/mol. The van der Waals surface area contributed by atoms with Crippen LogP contribution in [0.1, 0.15) is 39.2 Å². The Kier molecular flexibility index (Phi) is 7.98. The molecule has 1 aromatic carbocycles. The lowest BCUT2D eigenvalue weighted by Crippen LogP contribution is -2.46. The molecule has 0 fully saturated rings. The quantitative estimate of drug-likeness (QED) is 0.784. The van der Waals surface area contributed by atoms with Crippen LogP contribution in [0.25, 0.3) is 0 Å². The van der Waals surface area contributed by atoms with Crippen molar-refractivity contribution < 1.29 is 4.79 Å². The highest BCUT2D eigenvalue weighted by molar-refractivity contribution is 7.80. The van der Waals surface area contributed by atoms with Gasteiger partial charge >= 0.3 is 0 Å². The van der Waals surface area contributed by atoms with Gasteiger partial charge in [0.05, 0.1) is 0 Å². The summed E-state index contributed by atoms with van der Waals surface area (Å²) in [6.07, 6.45) is 2.92. The summed E-state index contributed by atoms with van der Waals surface area (Å²) in [6.45, 7) is 7.38. The first-order chi connectivity index (χ1) is 10.1. The van der Waals surface area contributed by atoms with E-state index in [1.165, 1.54) is 5.56 Å². The van der Waals surface area contributed by atoms with Gasteiger partial charge in [0.25, 0.3) is 0 Å². The third kappa shape index (κ3) is 6.25. The van der Waals surface area contributed by atoms with Crippen LogP contribution in [0, 0.1) is 5.92 Å². The Morgan fingerprint density at radius 2 is 1.95 bits per heavy atom. The van der Waals surface area contributed by atoms with Crippen LogP contribution in [0.2, 0.25) is 0 Å². The molecule has 116 valence electrons. The van der Waals surface area contributed by atoms with Crippen LogP contribution in [0.15, 0.2) is 30.3 Å². The lowest BCUT2D eigenvalue weighted by molar-refractivity contribution is -0.130. The van der Waals surface area contributed by atoms with Crippen molar-refractivity contribution in [3.05, 3.63) is 35.9 Å². The Morgan fingerprint density at radius 3 is 2.52 bits per heavy atom. The molecule has 0 heterocycles. The molecule has 0 aliphatic carbocycles. The van der Waals surface area contributed by atoms with E-state index in [1.807, 2.05) is 32.0 Å². The average Bonchev–Trinajstić information content (AvgIpc) is 2.48. The molecule has 1 aromatic rings. The van der Waals surface area contributed by atoms with E-state index in [0.29, 0.717) is 11.7 Å². The number of unbranched alkanes of at least 4 members (excludes halogenated alkanes) is 1. The van der Waals surface area contributed by atoms with Crippen molar-refractivity contribution in [1.29, 1.82) is 0 Å². The van der Waals surface area contributed by atoms with Gasteiger partial charge in [0.2, 0.25) is 5.91 Å². The third-order valence-electron chi connectivity index (χ3n) is 3.27. The summed E-state index contributed by atoms with van der Waals surface area (Å²) in [7, 11) is 0. The topological polar surface area (TPSA) is 32.3 Å². The molecule has 1 amide bonds. The van der Waals surface area contributed by atoms with E-state index < -0.39 is 0 Å². The second-order valence-corrected chi connectivity index (χ2v) is 5.85. The lowest BCUT2D eigenvalue weighted by atomic mass is 10.1. The summed E-state index contributed by atoms with van der Waals surface area (Å²) < 4.78 is 0. The molecular formula is C17H26N2OS. The van der Waals surface area contributed by atoms with Gasteiger partial charge < -0.3 is 5.32 Å². The third-order valence-corrected chi connectivity index (χ3v) is 3.64. The molecule has 0 bridgehead atoms. The van der Waals surface area contributed by atoms with Gasteiger partial charge in [0, 0.05) is 19.0 Å². The minimum atomic E-state index is -0.0317. The molecule has 0 radical (unpaired) electrons. The van der Waals surface area contributed by atoms with Crippen molar-refractivity contribution >= 4 is 23.2 Å². The highest BCUT2D eigenvalue weighted by Gasteiger charge is 2.20. The number of carbonyl (C=O) groups excluding carboxylic acids is 1. The maximum atomic E-state index is 12.2. The van der Waals surface area contributed by atoms with E-state index in [0.717, 1.165) is 25.8 Å². The molecule has 21 heavy (non-hydrogen) atoms. The van der Waals surface area contributed by atoms with Crippen LogP contribution >= 0.6 is 12.2 Å². The van der Waals surface area contributed by atoms with Crippen molar-refractivity contribution in [2.45, 2.75) is 40.0 Å². The van der Waals surface area contributed by atoms with Crippen molar-refractivity contribution in [3.63, 3.8) is 0 Å². The first-order valence-electron chi connectivity index (χ1n) is 7.69. The summed E-state index contributed by atoms with van der Waals surface area (Å²) in [4.78, 5) is 13.9. The molecule has 0 unspecified atom stereocenters. The van der Waals surface area contributed by atoms with Gasteiger partial charge in [-0.25, -0.2) is 0 Å². The number of carbonyl (C=O) groups is 1. The van der Waals surface area contributed by atoms with E-state index >= 15 is 0 Å². The summed E-state index contributed by atoms with van der Waals surface area (Å²) >= 11 is 5.39. The van der Waals surface area contributed by atoms with E-state index in [1.54, 1.807) is 4.90 Å². The Bertz CT molecular complexity index is 445. The molecule has 3 nitrogen and oxygen atoms in total. The van der Waals surface area contributed by atoms with E-state index in [2.05, 4.69) is 24.4 Å². The Morgan fingerprint density at radius 1 is 1.29 bits per heavy atom. The largest absolute Gasteiger partial charge is 0.362 e. The number of benzene rings is 1. The van der Waals surface area contributed by atoms with Crippen molar-refractivity contribution in [2.24, 2.45) is 5.92 Å². The van der Waals surface area contributed by atoms with E-state index in [4.69, 9.17) is 12.2 Å². The van der Waals surface area contributed by atoms with Crippen LogP contribution in [0.5, 0.6) is 0 Å². The van der Waals surface area contributed by atoms with Crippen molar-refractivity contribution in [1.82, 2.24) is 10.2 Å². The van der Waals surface area contributed by atoms with Gasteiger partial charge in [-0.05, 0) is 30.6 Å². The predicted octanol–water partition coefficient (Wildman–Crippen LogP) is 3.39. The second-order valence-electron chi connectivity index (χ2n) is 5.47. The number of amides is 1. The molecule has 0 aromatic heterocycles. The minimum absolute atomic E-state index is 0.0317. The van der Waals surface area contributed by atoms with Crippen LogP contribution in [-0.4, -0.2) is 29.0 Å². The summed E-state index contributed by atoms with van der Waals surface area (Å²) in [5.74, 6) is 0.0661. The zero-order valence-corrected chi connectivity index (χ0v) is 14.1. The van der Waals surface area contributed by atoms with Gasteiger partial charge in [-0.3, -0.25) is 9.69 Å². The van der Waals surface area contributed by atoms with E-state index in [9.17, 15) is 4.79 Å².